The summed E-state index contributed by atoms with van der Waals surface area (Å²) < 4.78 is 62.8. The van der Waals surface area contributed by atoms with E-state index in [1.807, 2.05) is 30.3 Å². The molecule has 1 amide bonds. The van der Waals surface area contributed by atoms with Crippen LogP contribution in [-0.2, 0) is 23.5 Å². The first kappa shape index (κ1) is 24.7. The van der Waals surface area contributed by atoms with Gasteiger partial charge in [0.2, 0.25) is 10.0 Å². The van der Waals surface area contributed by atoms with Crippen LogP contribution in [0.3, 0.4) is 0 Å². The average Bonchev–Trinajstić information content (AvgIpc) is 3.02. The molecule has 0 aliphatic carbocycles. The van der Waals surface area contributed by atoms with E-state index in [2.05, 4.69) is 10.0 Å². The molecule has 0 bridgehead atoms. The Bertz CT molecular complexity index is 1300. The molecule has 0 radical (unpaired) electrons. The molecule has 0 saturated carbocycles. The van der Waals surface area contributed by atoms with Crippen molar-refractivity contribution >= 4 is 35.1 Å². The lowest BCUT2D eigenvalue weighted by molar-refractivity contribution is 0.101. The third-order valence-corrected chi connectivity index (χ3v) is 6.77. The van der Waals surface area contributed by atoms with Gasteiger partial charge in [0, 0.05) is 25.0 Å². The number of hydrogen-bond donors (Lipinski definition) is 2. The Morgan fingerprint density at radius 3 is 2.55 bits per heavy atom. The standard InChI is InChI=1S/C22H21F2N3O4S.H2S/c1-22(11-14-6-4-3-5-7-14)13-31-20-18(32(29,30)26-22)12-27(2)19(20)21(28)25-15-8-9-16(23)17(24)10-15;/h3-10,12,26H,11,13H2,1-2H3,(H,25,28);1H2/t22-;/m0./s1. The van der Waals surface area contributed by atoms with Crippen molar-refractivity contribution in [2.24, 2.45) is 7.05 Å². The highest BCUT2D eigenvalue weighted by atomic mass is 32.2. The molecule has 1 aliphatic heterocycles. The number of nitrogens with zero attached hydrogens (tertiary/aromatic N) is 1. The fourth-order valence-corrected chi connectivity index (χ4v) is 5.29. The number of benzene rings is 2. The highest BCUT2D eigenvalue weighted by Crippen LogP contribution is 2.35. The molecule has 3 aromatic rings. The van der Waals surface area contributed by atoms with Crippen LogP contribution >= 0.6 is 13.5 Å². The van der Waals surface area contributed by atoms with Crippen molar-refractivity contribution in [3.63, 3.8) is 0 Å². The quantitative estimate of drug-likeness (QED) is 0.581. The van der Waals surface area contributed by atoms with Crippen molar-refractivity contribution in [3.8, 4) is 5.75 Å². The van der Waals surface area contributed by atoms with Crippen LogP contribution in [0.2, 0.25) is 0 Å². The van der Waals surface area contributed by atoms with Gasteiger partial charge in [0.1, 0.15) is 11.5 Å². The second-order valence-electron chi connectivity index (χ2n) is 7.98. The lowest BCUT2D eigenvalue weighted by Gasteiger charge is -2.28. The summed E-state index contributed by atoms with van der Waals surface area (Å²) in [6, 6.07) is 12.3. The summed E-state index contributed by atoms with van der Waals surface area (Å²) in [4.78, 5) is 12.7. The van der Waals surface area contributed by atoms with E-state index < -0.39 is 33.1 Å². The highest BCUT2D eigenvalue weighted by Gasteiger charge is 2.40. The van der Waals surface area contributed by atoms with E-state index in [1.54, 1.807) is 6.92 Å². The molecule has 4 rings (SSSR count). The fourth-order valence-electron chi connectivity index (χ4n) is 3.71. The maximum atomic E-state index is 13.5. The van der Waals surface area contributed by atoms with Crippen molar-refractivity contribution in [1.82, 2.24) is 9.29 Å². The van der Waals surface area contributed by atoms with E-state index in [4.69, 9.17) is 4.74 Å². The number of fused-ring (bicyclic) bond motifs is 1. The number of nitrogens with one attached hydrogen (secondary N) is 2. The second kappa shape index (κ2) is 9.16. The van der Waals surface area contributed by atoms with Crippen LogP contribution < -0.4 is 14.8 Å². The predicted molar refractivity (Wildman–Crippen MR) is 124 cm³/mol. The minimum Gasteiger partial charge on any atom is -0.488 e. The largest absolute Gasteiger partial charge is 0.488 e. The number of carbonyl (C=O) groups is 1. The number of hydrogen-bond acceptors (Lipinski definition) is 4. The van der Waals surface area contributed by atoms with E-state index >= 15 is 0 Å². The molecule has 33 heavy (non-hydrogen) atoms. The topological polar surface area (TPSA) is 89.4 Å². The maximum Gasteiger partial charge on any atom is 0.276 e. The van der Waals surface area contributed by atoms with Gasteiger partial charge in [-0.1, -0.05) is 30.3 Å². The number of aryl methyl sites for hydroxylation is 1. The predicted octanol–water partition coefficient (Wildman–Crippen LogP) is 3.34. The van der Waals surface area contributed by atoms with Crippen molar-refractivity contribution in [2.45, 2.75) is 23.8 Å². The van der Waals surface area contributed by atoms with Crippen LogP contribution in [0.4, 0.5) is 14.5 Å². The zero-order valence-corrected chi connectivity index (χ0v) is 19.7. The molecular weight excluding hydrogens is 472 g/mol. The molecule has 2 heterocycles. The normalized spacial score (nSPS) is 18.9. The van der Waals surface area contributed by atoms with E-state index in [-0.39, 0.29) is 42.1 Å². The Morgan fingerprint density at radius 1 is 1.18 bits per heavy atom. The summed E-state index contributed by atoms with van der Waals surface area (Å²) in [7, 11) is -2.52. The number of rotatable bonds is 4. The number of halogens is 2. The van der Waals surface area contributed by atoms with Crippen LogP contribution in [-0.4, -0.2) is 31.0 Å². The Labute approximate surface area is 197 Å². The van der Waals surface area contributed by atoms with Gasteiger partial charge in [0.25, 0.3) is 5.91 Å². The van der Waals surface area contributed by atoms with Crippen LogP contribution in [0.5, 0.6) is 5.75 Å². The van der Waals surface area contributed by atoms with Gasteiger partial charge in [-0.2, -0.15) is 13.5 Å². The third-order valence-electron chi connectivity index (χ3n) is 5.14. The highest BCUT2D eigenvalue weighted by molar-refractivity contribution is 7.89. The van der Waals surface area contributed by atoms with Gasteiger partial charge in [0.15, 0.2) is 23.1 Å². The molecular formula is C22H23F2N3O4S2. The SMILES string of the molecule is Cn1cc2c(c1C(=O)Nc1ccc(F)c(F)c1)OC[C@](C)(Cc1ccccc1)NS2(=O)=O.S. The van der Waals surface area contributed by atoms with Gasteiger partial charge in [-0.25, -0.2) is 21.9 Å². The summed E-state index contributed by atoms with van der Waals surface area (Å²) in [6.07, 6.45) is 1.66. The smallest absolute Gasteiger partial charge is 0.276 e. The Morgan fingerprint density at radius 2 is 1.88 bits per heavy atom. The number of amides is 1. The molecule has 1 aliphatic rings. The van der Waals surface area contributed by atoms with Gasteiger partial charge in [-0.05, 0) is 31.0 Å². The lowest BCUT2D eigenvalue weighted by Crippen LogP contribution is -2.50. The van der Waals surface area contributed by atoms with Gasteiger partial charge in [-0.15, -0.1) is 0 Å². The van der Waals surface area contributed by atoms with Gasteiger partial charge in [-0.3, -0.25) is 4.79 Å². The number of anilines is 1. The first-order chi connectivity index (χ1) is 15.1. The Kier molecular flexibility index (Phi) is 6.87. The summed E-state index contributed by atoms with van der Waals surface area (Å²) in [5.41, 5.74) is -0.0744. The summed E-state index contributed by atoms with van der Waals surface area (Å²) in [6.45, 7) is 1.70. The molecule has 0 unspecified atom stereocenters. The van der Waals surface area contributed by atoms with Gasteiger partial charge >= 0.3 is 0 Å². The fraction of sp³-hybridized carbons (Fsp3) is 0.227. The average molecular weight is 496 g/mol. The van der Waals surface area contributed by atoms with Gasteiger partial charge in [0.05, 0.1) is 5.54 Å². The minimum atomic E-state index is -4.01. The molecule has 2 aromatic carbocycles. The zero-order valence-electron chi connectivity index (χ0n) is 17.9. The summed E-state index contributed by atoms with van der Waals surface area (Å²) >= 11 is 0. The van der Waals surface area contributed by atoms with E-state index in [0.717, 1.165) is 17.7 Å². The molecule has 11 heteroatoms. The number of carbonyl (C=O) groups excluding carboxylic acids is 1. The van der Waals surface area contributed by atoms with E-state index in [9.17, 15) is 22.0 Å². The Hall–Kier alpha value is -2.89. The van der Waals surface area contributed by atoms with Crippen molar-refractivity contribution < 1.29 is 26.7 Å². The maximum absolute atomic E-state index is 13.5. The van der Waals surface area contributed by atoms with Crippen molar-refractivity contribution in [2.75, 3.05) is 11.9 Å². The summed E-state index contributed by atoms with van der Waals surface area (Å²) in [5, 5.41) is 2.45. The molecule has 0 spiro atoms. The third kappa shape index (κ3) is 5.05. The molecule has 0 fully saturated rings. The lowest BCUT2D eigenvalue weighted by atomic mass is 9.95. The van der Waals surface area contributed by atoms with Crippen LogP contribution in [0.1, 0.15) is 23.0 Å². The number of ether oxygens (including phenoxy) is 1. The van der Waals surface area contributed by atoms with Crippen LogP contribution in [0, 0.1) is 11.6 Å². The zero-order chi connectivity index (χ0) is 23.1. The van der Waals surface area contributed by atoms with Gasteiger partial charge < -0.3 is 14.6 Å². The first-order valence-corrected chi connectivity index (χ1v) is 11.2. The first-order valence-electron chi connectivity index (χ1n) is 9.74. The molecule has 2 N–H and O–H groups in total. The monoisotopic (exact) mass is 495 g/mol. The van der Waals surface area contributed by atoms with E-state index in [0.29, 0.717) is 6.42 Å². The number of aromatic nitrogens is 1. The molecule has 1 atom stereocenters. The molecule has 7 nitrogen and oxygen atoms in total. The van der Waals surface area contributed by atoms with Crippen molar-refractivity contribution in [3.05, 3.63) is 77.6 Å². The summed E-state index contributed by atoms with van der Waals surface area (Å²) in [5.74, 6) is -2.99. The molecule has 176 valence electrons. The van der Waals surface area contributed by atoms with E-state index in [1.165, 1.54) is 23.9 Å². The number of sulfonamides is 1. The van der Waals surface area contributed by atoms with Crippen LogP contribution in [0.15, 0.2) is 59.6 Å². The van der Waals surface area contributed by atoms with Crippen LogP contribution in [0.25, 0.3) is 0 Å². The van der Waals surface area contributed by atoms with Crippen molar-refractivity contribution in [1.29, 1.82) is 0 Å². The molecule has 0 saturated heterocycles. The Balaban J connectivity index is 0.00000306. The minimum absolute atomic E-state index is 0. The molecule has 1 aromatic heterocycles. The second-order valence-corrected chi connectivity index (χ2v) is 9.63.